The minimum Gasteiger partial charge on any atom is -0.356 e. The van der Waals surface area contributed by atoms with Gasteiger partial charge in [-0.15, -0.1) is 0 Å². The molecule has 1 aromatic heterocycles. The number of likely N-dealkylation sites (tertiary alicyclic amines) is 1. The van der Waals surface area contributed by atoms with Crippen molar-refractivity contribution in [2.45, 2.75) is 25.7 Å². The number of nitrogens with zero attached hydrogens (tertiary/aromatic N) is 1. The van der Waals surface area contributed by atoms with Gasteiger partial charge in [-0.05, 0) is 24.3 Å². The van der Waals surface area contributed by atoms with Crippen LogP contribution in [0.15, 0.2) is 16.8 Å². The third kappa shape index (κ3) is 5.14. The van der Waals surface area contributed by atoms with Crippen LogP contribution in [0.4, 0.5) is 0 Å². The molecule has 0 aromatic carbocycles. The zero-order valence-corrected chi connectivity index (χ0v) is 13.3. The quantitative estimate of drug-likeness (QED) is 0.701. The highest BCUT2D eigenvalue weighted by molar-refractivity contribution is 7.08. The Kier molecular flexibility index (Phi) is 6.39. The van der Waals surface area contributed by atoms with Crippen LogP contribution < -0.4 is 10.6 Å². The van der Waals surface area contributed by atoms with Crippen molar-refractivity contribution in [2.75, 3.05) is 26.2 Å². The smallest absolute Gasteiger partial charge is 0.252 e. The Balaban J connectivity index is 1.51. The van der Waals surface area contributed by atoms with Gasteiger partial charge in [-0.25, -0.2) is 0 Å². The van der Waals surface area contributed by atoms with Crippen LogP contribution >= 0.6 is 11.3 Å². The summed E-state index contributed by atoms with van der Waals surface area (Å²) >= 11 is 1.46. The number of hydrogen-bond donors (Lipinski definition) is 2. The van der Waals surface area contributed by atoms with Crippen molar-refractivity contribution >= 4 is 29.1 Å². The molecule has 1 aromatic rings. The second kappa shape index (κ2) is 8.53. The molecule has 7 heteroatoms. The van der Waals surface area contributed by atoms with Crippen molar-refractivity contribution in [2.24, 2.45) is 0 Å². The van der Waals surface area contributed by atoms with Crippen molar-refractivity contribution in [3.63, 3.8) is 0 Å². The SMILES string of the molecule is O=C(CCNC(=O)c1ccsc1)NCCCN1CCCC1=O. The molecule has 6 nitrogen and oxygen atoms in total. The van der Waals surface area contributed by atoms with E-state index in [1.165, 1.54) is 11.3 Å². The zero-order chi connectivity index (χ0) is 15.8. The van der Waals surface area contributed by atoms with E-state index >= 15 is 0 Å². The van der Waals surface area contributed by atoms with Gasteiger partial charge in [-0.1, -0.05) is 0 Å². The summed E-state index contributed by atoms with van der Waals surface area (Å²) in [5, 5.41) is 9.13. The van der Waals surface area contributed by atoms with E-state index in [0.717, 1.165) is 19.4 Å². The first-order chi connectivity index (χ1) is 10.7. The first-order valence-corrected chi connectivity index (χ1v) is 8.46. The van der Waals surface area contributed by atoms with Crippen LogP contribution in [0.1, 0.15) is 36.0 Å². The molecule has 0 unspecified atom stereocenters. The fourth-order valence-electron chi connectivity index (χ4n) is 2.31. The van der Waals surface area contributed by atoms with Crippen LogP contribution in [-0.2, 0) is 9.59 Å². The standard InChI is InChI=1S/C15H21N3O3S/c19-13(4-7-17-15(21)12-5-10-22-11-12)16-6-2-9-18-8-1-3-14(18)20/h5,10-11H,1-4,6-9H2,(H,16,19)(H,17,21). The second-order valence-corrected chi connectivity index (χ2v) is 5.99. The maximum absolute atomic E-state index is 11.7. The van der Waals surface area contributed by atoms with Gasteiger partial charge in [0.25, 0.3) is 5.91 Å². The van der Waals surface area contributed by atoms with Crippen molar-refractivity contribution in [1.29, 1.82) is 0 Å². The highest BCUT2D eigenvalue weighted by atomic mass is 32.1. The average molecular weight is 323 g/mol. The number of carbonyl (C=O) groups excluding carboxylic acids is 3. The first-order valence-electron chi connectivity index (χ1n) is 7.51. The van der Waals surface area contributed by atoms with Crippen LogP contribution in [-0.4, -0.2) is 48.8 Å². The van der Waals surface area contributed by atoms with Crippen LogP contribution in [0.25, 0.3) is 0 Å². The Morgan fingerprint density at radius 3 is 2.82 bits per heavy atom. The average Bonchev–Trinajstić information content (AvgIpc) is 3.15. The number of carbonyl (C=O) groups is 3. The van der Waals surface area contributed by atoms with E-state index < -0.39 is 0 Å². The Morgan fingerprint density at radius 1 is 1.27 bits per heavy atom. The lowest BCUT2D eigenvalue weighted by molar-refractivity contribution is -0.127. The second-order valence-electron chi connectivity index (χ2n) is 5.21. The van der Waals surface area contributed by atoms with Crippen LogP contribution in [0.3, 0.4) is 0 Å². The summed E-state index contributed by atoms with van der Waals surface area (Å²) in [6.07, 6.45) is 2.61. The highest BCUT2D eigenvalue weighted by Crippen LogP contribution is 2.09. The molecule has 1 saturated heterocycles. The summed E-state index contributed by atoms with van der Waals surface area (Å²) < 4.78 is 0. The number of amides is 3. The molecular weight excluding hydrogens is 302 g/mol. The molecule has 1 fully saturated rings. The van der Waals surface area contributed by atoms with Gasteiger partial charge in [0.1, 0.15) is 0 Å². The minimum atomic E-state index is -0.151. The van der Waals surface area contributed by atoms with Crippen LogP contribution in [0.5, 0.6) is 0 Å². The highest BCUT2D eigenvalue weighted by Gasteiger charge is 2.18. The fraction of sp³-hybridized carbons (Fsp3) is 0.533. The van der Waals surface area contributed by atoms with E-state index in [-0.39, 0.29) is 24.1 Å². The fourth-order valence-corrected chi connectivity index (χ4v) is 2.95. The normalized spacial score (nSPS) is 14.2. The molecule has 0 saturated carbocycles. The number of thiophene rings is 1. The molecule has 120 valence electrons. The summed E-state index contributed by atoms with van der Waals surface area (Å²) in [7, 11) is 0. The zero-order valence-electron chi connectivity index (χ0n) is 12.5. The van der Waals surface area contributed by atoms with Gasteiger partial charge in [0.2, 0.25) is 11.8 Å². The third-order valence-corrected chi connectivity index (χ3v) is 4.20. The lowest BCUT2D eigenvalue weighted by Gasteiger charge is -2.15. The van der Waals surface area contributed by atoms with Crippen molar-refractivity contribution in [1.82, 2.24) is 15.5 Å². The molecule has 1 aliphatic rings. The van der Waals surface area contributed by atoms with Crippen molar-refractivity contribution in [3.05, 3.63) is 22.4 Å². The van der Waals surface area contributed by atoms with Crippen LogP contribution in [0, 0.1) is 0 Å². The summed E-state index contributed by atoms with van der Waals surface area (Å²) in [6, 6.07) is 1.75. The van der Waals surface area contributed by atoms with Gasteiger partial charge in [0, 0.05) is 50.0 Å². The molecule has 0 radical (unpaired) electrons. The largest absolute Gasteiger partial charge is 0.356 e. The number of nitrogens with one attached hydrogen (secondary N) is 2. The summed E-state index contributed by atoms with van der Waals surface area (Å²) in [4.78, 5) is 36.5. The molecule has 2 heterocycles. The summed E-state index contributed by atoms with van der Waals surface area (Å²) in [5.41, 5.74) is 0.626. The Bertz CT molecular complexity index is 516. The van der Waals surface area contributed by atoms with E-state index in [9.17, 15) is 14.4 Å². The predicted octanol–water partition coefficient (Wildman–Crippen LogP) is 0.997. The van der Waals surface area contributed by atoms with Crippen LogP contribution in [0.2, 0.25) is 0 Å². The molecule has 1 aliphatic heterocycles. The van der Waals surface area contributed by atoms with Crippen molar-refractivity contribution < 1.29 is 14.4 Å². The molecule has 2 N–H and O–H groups in total. The molecular formula is C15H21N3O3S. The van der Waals surface area contributed by atoms with E-state index in [4.69, 9.17) is 0 Å². The topological polar surface area (TPSA) is 78.5 Å². The maximum Gasteiger partial charge on any atom is 0.252 e. The van der Waals surface area contributed by atoms with Gasteiger partial charge in [-0.2, -0.15) is 11.3 Å². The van der Waals surface area contributed by atoms with Crippen molar-refractivity contribution in [3.8, 4) is 0 Å². The molecule has 0 atom stereocenters. The van der Waals surface area contributed by atoms with Gasteiger partial charge in [0.05, 0.1) is 0 Å². The van der Waals surface area contributed by atoms with E-state index in [1.54, 1.807) is 11.4 Å². The lowest BCUT2D eigenvalue weighted by Crippen LogP contribution is -2.33. The molecule has 0 bridgehead atoms. The predicted molar refractivity (Wildman–Crippen MR) is 84.7 cm³/mol. The third-order valence-electron chi connectivity index (χ3n) is 3.52. The Morgan fingerprint density at radius 2 is 2.14 bits per heavy atom. The molecule has 22 heavy (non-hydrogen) atoms. The lowest BCUT2D eigenvalue weighted by atomic mass is 10.3. The summed E-state index contributed by atoms with van der Waals surface area (Å²) in [5.74, 6) is -0.0255. The van der Waals surface area contributed by atoms with Gasteiger partial charge in [0.15, 0.2) is 0 Å². The maximum atomic E-state index is 11.7. The monoisotopic (exact) mass is 323 g/mol. The Labute approximate surface area is 133 Å². The summed E-state index contributed by atoms with van der Waals surface area (Å²) in [6.45, 7) is 2.42. The van der Waals surface area contributed by atoms with Gasteiger partial charge in [-0.3, -0.25) is 14.4 Å². The Hall–Kier alpha value is -1.89. The molecule has 3 amide bonds. The van der Waals surface area contributed by atoms with E-state index in [0.29, 0.717) is 31.6 Å². The number of hydrogen-bond acceptors (Lipinski definition) is 4. The number of rotatable bonds is 8. The van der Waals surface area contributed by atoms with E-state index in [2.05, 4.69) is 10.6 Å². The van der Waals surface area contributed by atoms with Gasteiger partial charge >= 0.3 is 0 Å². The molecule has 2 rings (SSSR count). The van der Waals surface area contributed by atoms with E-state index in [1.807, 2.05) is 10.3 Å². The van der Waals surface area contributed by atoms with Gasteiger partial charge < -0.3 is 15.5 Å². The molecule has 0 aliphatic carbocycles. The molecule has 0 spiro atoms. The minimum absolute atomic E-state index is 0.0848. The first kappa shape index (κ1) is 16.5.